The Hall–Kier alpha value is -2.02. The normalized spacial score (nSPS) is 11.3. The third-order valence-corrected chi connectivity index (χ3v) is 2.40. The van der Waals surface area contributed by atoms with Gasteiger partial charge in [0, 0.05) is 12.1 Å². The highest BCUT2D eigenvalue weighted by Gasteiger charge is 2.11. The van der Waals surface area contributed by atoms with Crippen molar-refractivity contribution >= 4 is 17.0 Å². The molecule has 5 nitrogen and oxygen atoms in total. The topological polar surface area (TPSA) is 69.2 Å². The van der Waals surface area contributed by atoms with Gasteiger partial charge in [-0.25, -0.2) is 13.8 Å². The number of carbonyl (C=O) groups is 1. The number of likely N-dealkylation sites (N-methyl/N-ethyl adjacent to an activating group) is 1. The van der Waals surface area contributed by atoms with Gasteiger partial charge in [-0.15, -0.1) is 0 Å². The summed E-state index contributed by atoms with van der Waals surface area (Å²) in [6, 6.07) is 2.03. The molecule has 0 bridgehead atoms. The monoisotopic (exact) mass is 255 g/mol. The number of aliphatic carboxylic acids is 1. The standard InChI is InChI=1S/C11H11F2N3O2/c1-16(5-11(17)18)4-10-14-8-2-6(12)7(13)3-9(8)15-10/h2-3H,4-5H2,1H3,(H,14,15)(H,17,18). The fraction of sp³-hybridized carbons (Fsp3) is 0.273. The minimum Gasteiger partial charge on any atom is -0.480 e. The van der Waals surface area contributed by atoms with Crippen LogP contribution >= 0.6 is 0 Å². The van der Waals surface area contributed by atoms with Crippen LogP contribution in [0.5, 0.6) is 0 Å². The summed E-state index contributed by atoms with van der Waals surface area (Å²) in [6.45, 7) is 0.115. The van der Waals surface area contributed by atoms with Crippen molar-refractivity contribution in [2.75, 3.05) is 13.6 Å². The van der Waals surface area contributed by atoms with Gasteiger partial charge in [-0.1, -0.05) is 0 Å². The number of rotatable bonds is 4. The Morgan fingerprint density at radius 2 is 2.11 bits per heavy atom. The number of imidazole rings is 1. The number of H-pyrrole nitrogens is 1. The molecule has 0 aliphatic rings. The smallest absolute Gasteiger partial charge is 0.317 e. The predicted octanol–water partition coefficient (Wildman–Crippen LogP) is 1.36. The van der Waals surface area contributed by atoms with Gasteiger partial charge < -0.3 is 10.1 Å². The Labute approximate surface area is 101 Å². The number of hydrogen-bond donors (Lipinski definition) is 2. The van der Waals surface area contributed by atoms with Crippen LogP contribution in [0.15, 0.2) is 12.1 Å². The molecule has 2 aromatic rings. The molecule has 2 N–H and O–H groups in total. The van der Waals surface area contributed by atoms with Crippen molar-refractivity contribution in [3.63, 3.8) is 0 Å². The summed E-state index contributed by atoms with van der Waals surface area (Å²) in [7, 11) is 1.61. The SMILES string of the molecule is CN(CC(=O)O)Cc1nc2cc(F)c(F)cc2[nH]1. The Morgan fingerprint density at radius 1 is 1.44 bits per heavy atom. The number of aromatic amines is 1. The number of benzene rings is 1. The lowest BCUT2D eigenvalue weighted by Gasteiger charge is -2.11. The largest absolute Gasteiger partial charge is 0.480 e. The maximum absolute atomic E-state index is 13.0. The second kappa shape index (κ2) is 4.69. The second-order valence-corrected chi connectivity index (χ2v) is 4.03. The predicted molar refractivity (Wildman–Crippen MR) is 60.0 cm³/mol. The molecule has 0 atom stereocenters. The zero-order chi connectivity index (χ0) is 13.3. The van der Waals surface area contributed by atoms with E-state index in [1.54, 1.807) is 7.05 Å². The first kappa shape index (κ1) is 12.4. The second-order valence-electron chi connectivity index (χ2n) is 4.03. The van der Waals surface area contributed by atoms with E-state index in [1.165, 1.54) is 4.90 Å². The van der Waals surface area contributed by atoms with Gasteiger partial charge in [-0.2, -0.15) is 0 Å². The number of aromatic nitrogens is 2. The van der Waals surface area contributed by atoms with Crippen LogP contribution in [0.25, 0.3) is 11.0 Å². The number of fused-ring (bicyclic) bond motifs is 1. The van der Waals surface area contributed by atoms with Gasteiger partial charge in [0.25, 0.3) is 0 Å². The molecule has 0 saturated heterocycles. The fourth-order valence-corrected chi connectivity index (χ4v) is 1.68. The Morgan fingerprint density at radius 3 is 2.78 bits per heavy atom. The van der Waals surface area contributed by atoms with Crippen molar-refractivity contribution in [1.29, 1.82) is 0 Å². The minimum atomic E-state index is -0.959. The molecule has 1 aromatic carbocycles. The van der Waals surface area contributed by atoms with Crippen molar-refractivity contribution < 1.29 is 18.7 Å². The summed E-state index contributed by atoms with van der Waals surface area (Å²) in [4.78, 5) is 18.9. The van der Waals surface area contributed by atoms with E-state index in [0.717, 1.165) is 12.1 Å². The molecule has 0 aliphatic heterocycles. The highest BCUT2D eigenvalue weighted by Crippen LogP contribution is 2.16. The molecule has 96 valence electrons. The van der Waals surface area contributed by atoms with Crippen LogP contribution in [0.1, 0.15) is 5.82 Å². The summed E-state index contributed by atoms with van der Waals surface area (Å²) in [6.07, 6.45) is 0. The molecule has 18 heavy (non-hydrogen) atoms. The van der Waals surface area contributed by atoms with Crippen LogP contribution in [0, 0.1) is 11.6 Å². The molecule has 0 unspecified atom stereocenters. The fourth-order valence-electron chi connectivity index (χ4n) is 1.68. The Bertz CT molecular complexity index is 558. The molecule has 1 heterocycles. The third-order valence-electron chi connectivity index (χ3n) is 2.40. The molecular weight excluding hydrogens is 244 g/mol. The molecule has 0 fully saturated rings. The quantitative estimate of drug-likeness (QED) is 0.865. The van der Waals surface area contributed by atoms with E-state index in [0.29, 0.717) is 16.9 Å². The molecule has 0 saturated carbocycles. The first-order valence-electron chi connectivity index (χ1n) is 5.19. The number of hydrogen-bond acceptors (Lipinski definition) is 3. The molecule has 0 spiro atoms. The van der Waals surface area contributed by atoms with Crippen LogP contribution in [0.4, 0.5) is 8.78 Å². The van der Waals surface area contributed by atoms with Crippen LogP contribution in [0.3, 0.4) is 0 Å². The molecule has 0 radical (unpaired) electrons. The van der Waals surface area contributed by atoms with Gasteiger partial charge in [-0.3, -0.25) is 9.69 Å². The van der Waals surface area contributed by atoms with Crippen LogP contribution in [-0.4, -0.2) is 39.5 Å². The highest BCUT2D eigenvalue weighted by molar-refractivity contribution is 5.75. The number of nitrogens with zero attached hydrogens (tertiary/aromatic N) is 2. The van der Waals surface area contributed by atoms with Crippen molar-refractivity contribution in [2.45, 2.75) is 6.54 Å². The van der Waals surface area contributed by atoms with Crippen LogP contribution in [-0.2, 0) is 11.3 Å². The maximum Gasteiger partial charge on any atom is 0.317 e. The van der Waals surface area contributed by atoms with Gasteiger partial charge in [0.2, 0.25) is 0 Å². The van der Waals surface area contributed by atoms with Crippen molar-refractivity contribution in [2.24, 2.45) is 0 Å². The molecule has 0 amide bonds. The van der Waals surface area contributed by atoms with Gasteiger partial charge in [0.05, 0.1) is 24.1 Å². The van der Waals surface area contributed by atoms with Crippen LogP contribution in [0.2, 0.25) is 0 Å². The van der Waals surface area contributed by atoms with Gasteiger partial charge >= 0.3 is 5.97 Å². The first-order chi connectivity index (χ1) is 8.45. The number of nitrogens with one attached hydrogen (secondary N) is 1. The Kier molecular flexibility index (Phi) is 3.24. The lowest BCUT2D eigenvalue weighted by molar-refractivity contribution is -0.138. The number of carboxylic acids is 1. The van der Waals surface area contributed by atoms with Crippen molar-refractivity contribution in [3.8, 4) is 0 Å². The first-order valence-corrected chi connectivity index (χ1v) is 5.19. The van der Waals surface area contributed by atoms with E-state index in [2.05, 4.69) is 9.97 Å². The average Bonchev–Trinajstić information content (AvgIpc) is 2.58. The molecule has 1 aromatic heterocycles. The maximum atomic E-state index is 13.0. The molecule has 0 aliphatic carbocycles. The summed E-state index contributed by atoms with van der Waals surface area (Å²) < 4.78 is 26.0. The van der Waals surface area contributed by atoms with Crippen LogP contribution < -0.4 is 0 Å². The van der Waals surface area contributed by atoms with E-state index in [4.69, 9.17) is 5.11 Å². The van der Waals surface area contributed by atoms with Gasteiger partial charge in [-0.05, 0) is 7.05 Å². The zero-order valence-corrected chi connectivity index (χ0v) is 9.57. The van der Waals surface area contributed by atoms with E-state index < -0.39 is 17.6 Å². The summed E-state index contributed by atoms with van der Waals surface area (Å²) in [5, 5.41) is 8.60. The van der Waals surface area contributed by atoms with Crippen molar-refractivity contribution in [3.05, 3.63) is 29.6 Å². The van der Waals surface area contributed by atoms with Gasteiger partial charge in [0.1, 0.15) is 5.82 Å². The lowest BCUT2D eigenvalue weighted by Crippen LogP contribution is -2.25. The lowest BCUT2D eigenvalue weighted by atomic mass is 10.3. The minimum absolute atomic E-state index is 0.139. The average molecular weight is 255 g/mol. The Balaban J connectivity index is 2.22. The summed E-state index contributed by atoms with van der Waals surface area (Å²) in [5.74, 6) is -2.40. The number of halogens is 2. The summed E-state index contributed by atoms with van der Waals surface area (Å²) in [5.41, 5.74) is 0.695. The van der Waals surface area contributed by atoms with E-state index in [-0.39, 0.29) is 13.1 Å². The highest BCUT2D eigenvalue weighted by atomic mass is 19.2. The van der Waals surface area contributed by atoms with Crippen molar-refractivity contribution in [1.82, 2.24) is 14.9 Å². The molecule has 7 heteroatoms. The molecular formula is C11H11F2N3O2. The van der Waals surface area contributed by atoms with Gasteiger partial charge in [0.15, 0.2) is 11.6 Å². The number of carboxylic acid groups (broad SMARTS) is 1. The van der Waals surface area contributed by atoms with E-state index in [1.807, 2.05) is 0 Å². The third kappa shape index (κ3) is 2.62. The molecule has 2 rings (SSSR count). The zero-order valence-electron chi connectivity index (χ0n) is 9.57. The van der Waals surface area contributed by atoms with E-state index in [9.17, 15) is 13.6 Å². The summed E-state index contributed by atoms with van der Waals surface area (Å²) >= 11 is 0. The van der Waals surface area contributed by atoms with E-state index >= 15 is 0 Å².